The monoisotopic (exact) mass is 238 g/mol. The van der Waals surface area contributed by atoms with Crippen molar-refractivity contribution in [2.75, 3.05) is 6.61 Å². The minimum atomic E-state index is -1.20. The Balaban J connectivity index is 3.08. The summed E-state index contributed by atoms with van der Waals surface area (Å²) in [5, 5.41) is 0. The Hall–Kier alpha value is -0.310. The first-order valence-corrected chi connectivity index (χ1v) is 6.04. The second kappa shape index (κ2) is 10.2. The Morgan fingerprint density at radius 1 is 1.27 bits per heavy atom. The fourth-order valence-corrected chi connectivity index (χ4v) is 1.49. The van der Waals surface area contributed by atoms with Gasteiger partial charge in [-0.25, -0.2) is 4.39 Å². The van der Waals surface area contributed by atoms with Crippen LogP contribution in [0.2, 0.25) is 0 Å². The fourth-order valence-electron chi connectivity index (χ4n) is 1.33. The molecule has 0 aromatic carbocycles. The zero-order valence-electron chi connectivity index (χ0n) is 9.31. The second-order valence-electron chi connectivity index (χ2n) is 3.50. The molecule has 0 aromatic heterocycles. The highest BCUT2D eigenvalue weighted by atomic mass is 35.5. The van der Waals surface area contributed by atoms with Crippen molar-refractivity contribution in [1.29, 1.82) is 0 Å². The van der Waals surface area contributed by atoms with Crippen molar-refractivity contribution in [2.24, 2.45) is 0 Å². The summed E-state index contributed by atoms with van der Waals surface area (Å²) in [4.78, 5) is 10.9. The van der Waals surface area contributed by atoms with E-state index in [-0.39, 0.29) is 5.97 Å². The number of alkyl halides is 2. The maximum atomic E-state index is 12.2. The van der Waals surface area contributed by atoms with E-state index in [0.29, 0.717) is 19.4 Å². The van der Waals surface area contributed by atoms with Gasteiger partial charge in [-0.2, -0.15) is 0 Å². The lowest BCUT2D eigenvalue weighted by Gasteiger charge is -2.02. The number of halogens is 2. The van der Waals surface area contributed by atoms with Crippen LogP contribution in [-0.4, -0.2) is 18.2 Å². The Kier molecular flexibility index (Phi) is 10.0. The molecule has 0 unspecified atom stereocenters. The fraction of sp³-hybridized carbons (Fsp3) is 0.909. The number of carbonyl (C=O) groups is 1. The van der Waals surface area contributed by atoms with Crippen molar-refractivity contribution in [2.45, 2.75) is 57.5 Å². The third kappa shape index (κ3) is 11.6. The highest BCUT2D eigenvalue weighted by Gasteiger charge is 2.02. The summed E-state index contributed by atoms with van der Waals surface area (Å²) in [5.41, 5.74) is -1.20. The van der Waals surface area contributed by atoms with Crippen LogP contribution in [0.3, 0.4) is 0 Å². The van der Waals surface area contributed by atoms with Crippen LogP contribution in [0.15, 0.2) is 0 Å². The molecule has 0 heterocycles. The van der Waals surface area contributed by atoms with Crippen molar-refractivity contribution in [1.82, 2.24) is 0 Å². The molecule has 0 aromatic rings. The van der Waals surface area contributed by atoms with Gasteiger partial charge >= 0.3 is 5.97 Å². The summed E-state index contributed by atoms with van der Waals surface area (Å²) < 4.78 is 17.0. The molecule has 0 spiro atoms. The first kappa shape index (κ1) is 14.7. The van der Waals surface area contributed by atoms with Gasteiger partial charge in [0.15, 0.2) is 5.63 Å². The molecule has 0 amide bonds. The zero-order chi connectivity index (χ0) is 11.5. The molecule has 0 aliphatic rings. The number of unbranched alkanes of at least 4 members (excludes halogenated alkanes) is 4. The topological polar surface area (TPSA) is 26.3 Å². The summed E-state index contributed by atoms with van der Waals surface area (Å²) in [6, 6.07) is 0. The molecule has 90 valence electrons. The van der Waals surface area contributed by atoms with E-state index in [1.807, 2.05) is 0 Å². The highest BCUT2D eigenvalue weighted by Crippen LogP contribution is 2.12. The van der Waals surface area contributed by atoms with E-state index in [1.54, 1.807) is 6.92 Å². The maximum Gasteiger partial charge on any atom is 0.305 e. The average Bonchev–Trinajstić information content (AvgIpc) is 2.16. The Morgan fingerprint density at radius 3 is 2.47 bits per heavy atom. The standard InChI is InChI=1S/C11H20ClFO2/c1-2-15-11(14)9-7-5-3-4-6-8-10(12)13/h10H,2-9H2,1H3/t10-/m0/s1. The first-order chi connectivity index (χ1) is 7.16. The van der Waals surface area contributed by atoms with Gasteiger partial charge in [-0.05, 0) is 26.2 Å². The number of hydrogen-bond donors (Lipinski definition) is 0. The summed E-state index contributed by atoms with van der Waals surface area (Å²) in [7, 11) is 0. The minimum absolute atomic E-state index is 0.123. The van der Waals surface area contributed by atoms with Crippen LogP contribution in [0.25, 0.3) is 0 Å². The van der Waals surface area contributed by atoms with Gasteiger partial charge in [-0.1, -0.05) is 30.9 Å². The largest absolute Gasteiger partial charge is 0.466 e. The average molecular weight is 239 g/mol. The van der Waals surface area contributed by atoms with Crippen LogP contribution in [0, 0.1) is 0 Å². The molecule has 0 rings (SSSR count). The van der Waals surface area contributed by atoms with Crippen LogP contribution in [0.5, 0.6) is 0 Å². The quantitative estimate of drug-likeness (QED) is 0.347. The summed E-state index contributed by atoms with van der Waals surface area (Å²) in [6.45, 7) is 2.25. The van der Waals surface area contributed by atoms with Gasteiger partial charge < -0.3 is 4.74 Å². The predicted molar refractivity (Wildman–Crippen MR) is 59.7 cm³/mol. The molecular weight excluding hydrogens is 219 g/mol. The lowest BCUT2D eigenvalue weighted by molar-refractivity contribution is -0.143. The Bertz CT molecular complexity index is 163. The zero-order valence-corrected chi connectivity index (χ0v) is 10.1. The molecular formula is C11H20ClFO2. The van der Waals surface area contributed by atoms with E-state index in [0.717, 1.165) is 32.1 Å². The SMILES string of the molecule is CCOC(=O)CCCCCCC[C@H](F)Cl. The summed E-state index contributed by atoms with van der Waals surface area (Å²) in [6.07, 6.45) is 5.62. The van der Waals surface area contributed by atoms with E-state index in [4.69, 9.17) is 16.3 Å². The second-order valence-corrected chi connectivity index (χ2v) is 3.98. The van der Waals surface area contributed by atoms with Gasteiger partial charge in [0.25, 0.3) is 0 Å². The van der Waals surface area contributed by atoms with E-state index in [9.17, 15) is 9.18 Å². The minimum Gasteiger partial charge on any atom is -0.466 e. The molecule has 2 nitrogen and oxygen atoms in total. The van der Waals surface area contributed by atoms with Crippen LogP contribution >= 0.6 is 11.6 Å². The molecule has 0 aliphatic carbocycles. The van der Waals surface area contributed by atoms with E-state index < -0.39 is 5.63 Å². The number of esters is 1. The van der Waals surface area contributed by atoms with Crippen molar-refractivity contribution in [3.63, 3.8) is 0 Å². The third-order valence-corrected chi connectivity index (χ3v) is 2.33. The number of ether oxygens (including phenoxy) is 1. The maximum absolute atomic E-state index is 12.2. The Labute approximate surface area is 96.1 Å². The van der Waals surface area contributed by atoms with E-state index in [2.05, 4.69) is 0 Å². The van der Waals surface area contributed by atoms with Gasteiger partial charge in [-0.3, -0.25) is 4.79 Å². The lowest BCUT2D eigenvalue weighted by Crippen LogP contribution is -2.03. The van der Waals surface area contributed by atoms with E-state index in [1.165, 1.54) is 0 Å². The molecule has 0 bridgehead atoms. The highest BCUT2D eigenvalue weighted by molar-refractivity contribution is 6.19. The van der Waals surface area contributed by atoms with Crippen molar-refractivity contribution in [3.05, 3.63) is 0 Å². The van der Waals surface area contributed by atoms with Crippen LogP contribution < -0.4 is 0 Å². The molecule has 0 radical (unpaired) electrons. The normalized spacial score (nSPS) is 12.5. The van der Waals surface area contributed by atoms with Gasteiger partial charge in [0.05, 0.1) is 6.61 Å². The number of carbonyl (C=O) groups excluding carboxylic acids is 1. The van der Waals surface area contributed by atoms with Crippen molar-refractivity contribution in [3.8, 4) is 0 Å². The van der Waals surface area contributed by atoms with Crippen LogP contribution in [0.4, 0.5) is 4.39 Å². The first-order valence-electron chi connectivity index (χ1n) is 5.60. The molecule has 15 heavy (non-hydrogen) atoms. The molecule has 0 saturated heterocycles. The number of rotatable bonds is 9. The molecule has 0 fully saturated rings. The molecule has 0 saturated carbocycles. The van der Waals surface area contributed by atoms with Crippen molar-refractivity contribution >= 4 is 17.6 Å². The molecule has 0 N–H and O–H groups in total. The van der Waals surface area contributed by atoms with Gasteiger partial charge in [-0.15, -0.1) is 0 Å². The lowest BCUT2D eigenvalue weighted by atomic mass is 10.1. The van der Waals surface area contributed by atoms with Crippen LogP contribution in [0.1, 0.15) is 51.9 Å². The number of hydrogen-bond acceptors (Lipinski definition) is 2. The summed E-state index contributed by atoms with van der Waals surface area (Å²) in [5.74, 6) is -0.123. The smallest absolute Gasteiger partial charge is 0.305 e. The van der Waals surface area contributed by atoms with E-state index >= 15 is 0 Å². The predicted octanol–water partition coefficient (Wildman–Crippen LogP) is 3.81. The van der Waals surface area contributed by atoms with Crippen molar-refractivity contribution < 1.29 is 13.9 Å². The molecule has 1 atom stereocenters. The third-order valence-electron chi connectivity index (χ3n) is 2.11. The summed E-state index contributed by atoms with van der Waals surface area (Å²) >= 11 is 5.17. The molecule has 0 aliphatic heterocycles. The van der Waals surface area contributed by atoms with Gasteiger partial charge in [0, 0.05) is 6.42 Å². The Morgan fingerprint density at radius 2 is 1.87 bits per heavy atom. The van der Waals surface area contributed by atoms with Gasteiger partial charge in [0.2, 0.25) is 0 Å². The molecule has 4 heteroatoms. The van der Waals surface area contributed by atoms with Gasteiger partial charge in [0.1, 0.15) is 0 Å². The van der Waals surface area contributed by atoms with Crippen LogP contribution in [-0.2, 0) is 9.53 Å².